The molecule has 0 unspecified atom stereocenters. The van der Waals surface area contributed by atoms with E-state index in [9.17, 15) is 9.59 Å². The van der Waals surface area contributed by atoms with Crippen LogP contribution in [0.25, 0.3) is 0 Å². The summed E-state index contributed by atoms with van der Waals surface area (Å²) in [7, 11) is -1.71. The van der Waals surface area contributed by atoms with E-state index < -0.39 is 20.2 Å². The van der Waals surface area contributed by atoms with Gasteiger partial charge < -0.3 is 14.8 Å². The molecule has 0 aromatic rings. The van der Waals surface area contributed by atoms with Gasteiger partial charge in [-0.3, -0.25) is 9.59 Å². The summed E-state index contributed by atoms with van der Waals surface area (Å²) in [5.74, 6) is -1.91. The number of carbonyl (C=O) groups is 2. The van der Waals surface area contributed by atoms with Crippen LogP contribution < -0.4 is 5.32 Å². The Hall–Kier alpha value is -0.883. The number of β-lactam (4-membered cyclic amide) rings is 1. The van der Waals surface area contributed by atoms with Gasteiger partial charge in [-0.1, -0.05) is 0 Å². The minimum Gasteiger partial charge on any atom is -0.481 e. The molecule has 1 aliphatic heterocycles. The molecular weight excluding hydrogens is 238 g/mol. The van der Waals surface area contributed by atoms with Gasteiger partial charge >= 0.3 is 5.97 Å². The summed E-state index contributed by atoms with van der Waals surface area (Å²) >= 11 is 0. The van der Waals surface area contributed by atoms with Crippen molar-refractivity contribution in [3.63, 3.8) is 0 Å². The number of carboxylic acid groups (broad SMARTS) is 1. The minimum atomic E-state index is -1.71. The summed E-state index contributed by atoms with van der Waals surface area (Å²) in [6, 6.07) is -0.314. The quantitative estimate of drug-likeness (QED) is 0.572. The van der Waals surface area contributed by atoms with Crippen LogP contribution >= 0.6 is 0 Å². The summed E-state index contributed by atoms with van der Waals surface area (Å²) in [5.41, 5.74) is 0. The Balaban J connectivity index is 2.68. The number of carbonyl (C=O) groups excluding carboxylic acids is 1. The molecule has 17 heavy (non-hydrogen) atoms. The topological polar surface area (TPSA) is 75.6 Å². The molecule has 1 fully saturated rings. The van der Waals surface area contributed by atoms with Crippen LogP contribution in [-0.2, 0) is 14.0 Å². The normalized spacial score (nSPS) is 27.9. The minimum absolute atomic E-state index is 0.103. The summed E-state index contributed by atoms with van der Waals surface area (Å²) in [6.07, 6.45) is -0.220. The van der Waals surface area contributed by atoms with E-state index in [0.717, 1.165) is 0 Å². The molecule has 0 spiro atoms. The molecule has 1 heterocycles. The molecule has 1 saturated heterocycles. The molecule has 1 amide bonds. The second kappa shape index (κ2) is 4.78. The van der Waals surface area contributed by atoms with Gasteiger partial charge in [0.15, 0.2) is 8.32 Å². The Kier molecular flexibility index (Phi) is 3.98. The smallest absolute Gasteiger partial charge is 0.308 e. The molecule has 0 aliphatic carbocycles. The first kappa shape index (κ1) is 14.2. The van der Waals surface area contributed by atoms with E-state index in [1.54, 1.807) is 6.92 Å². The van der Waals surface area contributed by atoms with Crippen molar-refractivity contribution in [3.05, 3.63) is 0 Å². The van der Waals surface area contributed by atoms with Crippen LogP contribution in [0.5, 0.6) is 0 Å². The predicted octanol–water partition coefficient (Wildman–Crippen LogP) is 1.06. The lowest BCUT2D eigenvalue weighted by atomic mass is 9.79. The van der Waals surface area contributed by atoms with Crippen LogP contribution in [0.3, 0.4) is 0 Å². The van der Waals surface area contributed by atoms with Crippen molar-refractivity contribution in [2.24, 2.45) is 11.8 Å². The van der Waals surface area contributed by atoms with Gasteiger partial charge in [-0.25, -0.2) is 0 Å². The van der Waals surface area contributed by atoms with Crippen molar-refractivity contribution < 1.29 is 19.1 Å². The van der Waals surface area contributed by atoms with E-state index in [1.165, 1.54) is 0 Å². The zero-order valence-corrected chi connectivity index (χ0v) is 12.0. The third kappa shape index (κ3) is 3.29. The molecule has 1 aliphatic rings. The largest absolute Gasteiger partial charge is 0.481 e. The Bertz CT molecular complexity index is 326. The fourth-order valence-corrected chi connectivity index (χ4v) is 3.40. The SMILES string of the molecule is C[C@@H](O[Si](C)(C)C)[C@H]1C(=O)N[C@@H]1[C@@H](C)C(=O)O. The fourth-order valence-electron chi connectivity index (χ4n) is 2.14. The Morgan fingerprint density at radius 1 is 1.41 bits per heavy atom. The highest BCUT2D eigenvalue weighted by Crippen LogP contribution is 2.28. The molecule has 1 rings (SSSR count). The van der Waals surface area contributed by atoms with Crippen molar-refractivity contribution in [2.75, 3.05) is 0 Å². The first-order chi connectivity index (χ1) is 7.63. The van der Waals surface area contributed by atoms with E-state index in [2.05, 4.69) is 25.0 Å². The predicted molar refractivity (Wildman–Crippen MR) is 66.1 cm³/mol. The Morgan fingerprint density at radius 3 is 2.29 bits per heavy atom. The average molecular weight is 259 g/mol. The van der Waals surface area contributed by atoms with Crippen molar-refractivity contribution in [3.8, 4) is 0 Å². The van der Waals surface area contributed by atoms with Crippen LogP contribution in [0.2, 0.25) is 19.6 Å². The second-order valence-electron chi connectivity index (χ2n) is 5.62. The first-order valence-electron chi connectivity index (χ1n) is 5.84. The standard InChI is InChI=1S/C11H21NO4Si/c1-6(11(14)15)9-8(10(13)12-9)7(2)16-17(3,4)5/h6-9H,1-5H3,(H,12,13)(H,14,15)/t6-,7-,8-,9-/m1/s1. The van der Waals surface area contributed by atoms with Crippen LogP contribution in [-0.4, -0.2) is 37.4 Å². The second-order valence-corrected chi connectivity index (χ2v) is 10.1. The van der Waals surface area contributed by atoms with Gasteiger partial charge in [0, 0.05) is 0 Å². The zero-order chi connectivity index (χ0) is 13.4. The van der Waals surface area contributed by atoms with Crippen molar-refractivity contribution in [1.82, 2.24) is 5.32 Å². The number of rotatable bonds is 5. The molecular formula is C11H21NO4Si. The highest BCUT2D eigenvalue weighted by Gasteiger charge is 2.48. The summed E-state index contributed by atoms with van der Waals surface area (Å²) in [5, 5.41) is 11.6. The molecule has 0 aromatic heterocycles. The van der Waals surface area contributed by atoms with Crippen LogP contribution in [0.15, 0.2) is 0 Å². The lowest BCUT2D eigenvalue weighted by molar-refractivity contribution is -0.151. The van der Waals surface area contributed by atoms with Gasteiger partial charge in [-0.2, -0.15) is 0 Å². The Labute approximate surface area is 103 Å². The third-order valence-corrected chi connectivity index (χ3v) is 4.05. The van der Waals surface area contributed by atoms with E-state index >= 15 is 0 Å². The highest BCUT2D eigenvalue weighted by molar-refractivity contribution is 6.69. The molecule has 0 bridgehead atoms. The molecule has 98 valence electrons. The summed E-state index contributed by atoms with van der Waals surface area (Å²) in [6.45, 7) is 9.62. The van der Waals surface area contributed by atoms with Gasteiger partial charge in [0.05, 0.1) is 24.0 Å². The number of amides is 1. The average Bonchev–Trinajstić information content (AvgIpc) is 2.09. The third-order valence-electron chi connectivity index (χ3n) is 2.97. The van der Waals surface area contributed by atoms with Crippen molar-refractivity contribution in [1.29, 1.82) is 0 Å². The van der Waals surface area contributed by atoms with Gasteiger partial charge in [0.25, 0.3) is 0 Å². The molecule has 0 aromatic carbocycles. The molecule has 0 radical (unpaired) electrons. The lowest BCUT2D eigenvalue weighted by Gasteiger charge is -2.43. The van der Waals surface area contributed by atoms with Gasteiger partial charge in [0.1, 0.15) is 0 Å². The number of hydrogen-bond donors (Lipinski definition) is 2. The van der Waals surface area contributed by atoms with Crippen LogP contribution in [0.4, 0.5) is 0 Å². The lowest BCUT2D eigenvalue weighted by Crippen LogP contribution is -2.66. The number of nitrogens with one attached hydrogen (secondary N) is 1. The summed E-state index contributed by atoms with van der Waals surface area (Å²) < 4.78 is 5.86. The molecule has 0 saturated carbocycles. The number of aliphatic carboxylic acids is 1. The highest BCUT2D eigenvalue weighted by atomic mass is 28.4. The van der Waals surface area contributed by atoms with E-state index in [1.807, 2.05) is 6.92 Å². The first-order valence-corrected chi connectivity index (χ1v) is 9.25. The van der Waals surface area contributed by atoms with Gasteiger partial charge in [-0.05, 0) is 33.5 Å². The van der Waals surface area contributed by atoms with Gasteiger partial charge in [0.2, 0.25) is 5.91 Å². The number of carboxylic acids is 1. The van der Waals surface area contributed by atoms with E-state index in [4.69, 9.17) is 9.53 Å². The van der Waals surface area contributed by atoms with Crippen molar-refractivity contribution in [2.45, 2.75) is 45.6 Å². The number of hydrogen-bond acceptors (Lipinski definition) is 3. The molecule has 5 nitrogen and oxygen atoms in total. The zero-order valence-electron chi connectivity index (χ0n) is 11.0. The molecule has 2 N–H and O–H groups in total. The fraction of sp³-hybridized carbons (Fsp3) is 0.818. The van der Waals surface area contributed by atoms with E-state index in [-0.39, 0.29) is 24.0 Å². The maximum atomic E-state index is 11.5. The maximum Gasteiger partial charge on any atom is 0.308 e. The maximum absolute atomic E-state index is 11.5. The van der Waals surface area contributed by atoms with Crippen LogP contribution in [0, 0.1) is 11.8 Å². The van der Waals surface area contributed by atoms with Crippen molar-refractivity contribution >= 4 is 20.2 Å². The molecule has 6 heteroatoms. The van der Waals surface area contributed by atoms with Crippen LogP contribution in [0.1, 0.15) is 13.8 Å². The van der Waals surface area contributed by atoms with Gasteiger partial charge in [-0.15, -0.1) is 0 Å². The molecule has 4 atom stereocenters. The Morgan fingerprint density at radius 2 is 1.94 bits per heavy atom. The van der Waals surface area contributed by atoms with E-state index in [0.29, 0.717) is 0 Å². The monoisotopic (exact) mass is 259 g/mol. The summed E-state index contributed by atoms with van der Waals surface area (Å²) in [4.78, 5) is 22.4.